The zero-order valence-corrected chi connectivity index (χ0v) is 34.8. The van der Waals surface area contributed by atoms with Gasteiger partial charge in [-0.3, -0.25) is 0 Å². The van der Waals surface area contributed by atoms with Crippen LogP contribution in [-0.4, -0.2) is 148 Å². The Bertz CT molecular complexity index is 770. The fourth-order valence-electron chi connectivity index (χ4n) is 2.80. The monoisotopic (exact) mass is 672 g/mol. The van der Waals surface area contributed by atoms with Crippen molar-refractivity contribution >= 4 is 95.1 Å². The Balaban J connectivity index is 0.000000176. The van der Waals surface area contributed by atoms with Crippen LogP contribution in [0.3, 0.4) is 0 Å². The first-order chi connectivity index (χ1) is 19.4. The van der Waals surface area contributed by atoms with Crippen molar-refractivity contribution in [1.29, 1.82) is 0 Å². The van der Waals surface area contributed by atoms with E-state index in [0.717, 1.165) is 12.3 Å². The van der Waals surface area contributed by atoms with E-state index < -0.39 is 63.5 Å². The third kappa shape index (κ3) is 16.9. The van der Waals surface area contributed by atoms with Gasteiger partial charge in [-0.2, -0.15) is 0 Å². The zero-order chi connectivity index (χ0) is 30.3. The highest BCUT2D eigenvalue weighted by atomic mass is 27.2. The summed E-state index contributed by atoms with van der Waals surface area (Å²) >= 11 is -2.38. The molecule has 1 aromatic rings. The predicted molar refractivity (Wildman–Crippen MR) is 164 cm³/mol. The fraction of sp³-hybridized carbons (Fsp3) is 0.739. The van der Waals surface area contributed by atoms with Crippen LogP contribution in [0.1, 0.15) is 67.2 Å². The van der Waals surface area contributed by atoms with Crippen LogP contribution in [0.15, 0.2) is 30.3 Å². The Morgan fingerprint density at radius 3 is 1.29 bits per heavy atom. The molecule has 6 saturated heterocycles. The van der Waals surface area contributed by atoms with E-state index in [4.69, 9.17) is 30.3 Å². The van der Waals surface area contributed by atoms with Gasteiger partial charge in [-0.15, -0.1) is 0 Å². The molecule has 12 nitrogen and oxygen atoms in total. The van der Waals surface area contributed by atoms with Crippen molar-refractivity contribution < 1.29 is 37.9 Å². The molecule has 41 heavy (non-hydrogen) atoms. The van der Waals surface area contributed by atoms with E-state index in [9.17, 15) is 0 Å². The molecule has 18 heteroatoms. The van der Waals surface area contributed by atoms with Gasteiger partial charge >= 0.3 is 95.1 Å². The molecule has 6 aliphatic rings. The van der Waals surface area contributed by atoms with Crippen LogP contribution in [0.5, 0.6) is 0 Å². The second kappa shape index (κ2) is 20.9. The molecule has 0 amide bonds. The first kappa shape index (κ1) is 39.1. The molecule has 1 aromatic carbocycles. The molecule has 0 N–H and O–H groups in total. The molecule has 0 saturated carbocycles. The van der Waals surface area contributed by atoms with Crippen LogP contribution in [0.2, 0.25) is 0 Å². The molecule has 7 rings (SSSR count). The first-order valence-corrected chi connectivity index (χ1v) is 21.0. The van der Waals surface area contributed by atoms with Gasteiger partial charge in [-0.05, 0) is 47.2 Å². The summed E-state index contributed by atoms with van der Waals surface area (Å²) in [7, 11) is 2.10. The molecule has 0 aromatic heterocycles. The van der Waals surface area contributed by atoms with Gasteiger partial charge in [0, 0.05) is 11.0 Å². The highest BCUT2D eigenvalue weighted by molar-refractivity contribution is 6.26. The SMILES string of the molecule is C1[O][AlH][O]1.CC(C)(C)C1[O][AlH][O]1.CC(C)(C)[N]1C[O][AlH]1.CC1[O][AlH][N]1C.CC1[O][AlH][O]1.c1ccc(C2[O][AlH][O]2)cc1. The highest BCUT2D eigenvalue weighted by Gasteiger charge is 2.33. The zero-order valence-electron chi connectivity index (χ0n) is 26.3. The fourth-order valence-corrected chi connectivity index (χ4v) is 6.81. The van der Waals surface area contributed by atoms with E-state index in [2.05, 4.69) is 70.9 Å². The van der Waals surface area contributed by atoms with Gasteiger partial charge in [-0.25, -0.2) is 0 Å². The van der Waals surface area contributed by atoms with E-state index in [0.29, 0.717) is 18.6 Å². The lowest BCUT2D eigenvalue weighted by Gasteiger charge is -2.41. The number of benzene rings is 1. The smallest absolute Gasteiger partial charge is 0.481 e. The van der Waals surface area contributed by atoms with E-state index in [1.807, 2.05) is 37.3 Å². The molecule has 0 bridgehead atoms. The average molecular weight is 673 g/mol. The summed E-state index contributed by atoms with van der Waals surface area (Å²) in [6.07, 6.45) is 0.598. The first-order valence-electron chi connectivity index (χ1n) is 13.9. The highest BCUT2D eigenvalue weighted by Crippen LogP contribution is 2.27. The quantitative estimate of drug-likeness (QED) is 0.389. The van der Waals surface area contributed by atoms with E-state index in [1.165, 1.54) is 0 Å². The maximum Gasteiger partial charge on any atom is 0.653 e. The Morgan fingerprint density at radius 1 is 0.707 bits per heavy atom. The second-order valence-electron chi connectivity index (χ2n) is 11.8. The minimum Gasteiger partial charge on any atom is -0.481 e. The van der Waals surface area contributed by atoms with Crippen molar-refractivity contribution in [3.8, 4) is 0 Å². The Kier molecular flexibility index (Phi) is 20.0. The molecule has 6 aliphatic heterocycles. The topological polar surface area (TPSA) is 98.8 Å². The number of hydrogen-bond donors (Lipinski definition) is 0. The predicted octanol–water partition coefficient (Wildman–Crippen LogP) is 0.475. The molecule has 0 radical (unpaired) electrons. The Labute approximate surface area is 286 Å². The maximum atomic E-state index is 5.23. The molecule has 1 atom stereocenters. The van der Waals surface area contributed by atoms with Gasteiger partial charge in [0.05, 0.1) is 19.8 Å². The van der Waals surface area contributed by atoms with Gasteiger partial charge in [0.1, 0.15) is 18.9 Å². The van der Waals surface area contributed by atoms with Crippen LogP contribution in [0.4, 0.5) is 0 Å². The third-order valence-corrected chi connectivity index (χ3v) is 13.2. The summed E-state index contributed by atoms with van der Waals surface area (Å²) in [6.45, 7) is 18.4. The van der Waals surface area contributed by atoms with Crippen molar-refractivity contribution in [2.45, 2.75) is 86.0 Å². The van der Waals surface area contributed by atoms with Crippen molar-refractivity contribution in [2.24, 2.45) is 5.41 Å². The Morgan fingerprint density at radius 2 is 1.17 bits per heavy atom. The van der Waals surface area contributed by atoms with Crippen molar-refractivity contribution in [2.75, 3.05) is 20.6 Å². The van der Waals surface area contributed by atoms with Gasteiger partial charge < -0.3 is 45.7 Å². The number of hydrogen-bond acceptors (Lipinski definition) is 12. The van der Waals surface area contributed by atoms with Crippen molar-refractivity contribution in [3.63, 3.8) is 0 Å². The minimum absolute atomic E-state index is 0.0483. The molecule has 1 unspecified atom stereocenters. The number of nitrogens with zero attached hydrogens (tertiary/aromatic N) is 2. The molecule has 226 valence electrons. The van der Waals surface area contributed by atoms with Crippen LogP contribution in [0, 0.1) is 5.41 Å². The summed E-state index contributed by atoms with van der Waals surface area (Å²) < 4.78 is 54.8. The lowest BCUT2D eigenvalue weighted by atomic mass is 9.96. The summed E-state index contributed by atoms with van der Waals surface area (Å²) in [4.78, 5) is 0. The normalized spacial score (nSPS) is 23.0. The van der Waals surface area contributed by atoms with Crippen LogP contribution in [-0.2, 0) is 37.9 Å². The molecule has 0 spiro atoms. The van der Waals surface area contributed by atoms with Crippen molar-refractivity contribution in [3.05, 3.63) is 35.9 Å². The lowest BCUT2D eigenvalue weighted by molar-refractivity contribution is -0.158. The van der Waals surface area contributed by atoms with Gasteiger partial charge in [0.2, 0.25) is 0 Å². The van der Waals surface area contributed by atoms with E-state index in [1.54, 1.807) is 0 Å². The largest absolute Gasteiger partial charge is 0.653 e. The van der Waals surface area contributed by atoms with E-state index in [-0.39, 0.29) is 55.8 Å². The minimum atomic E-state index is -0.586. The van der Waals surface area contributed by atoms with Gasteiger partial charge in [0.25, 0.3) is 0 Å². The molecule has 6 heterocycles. The van der Waals surface area contributed by atoms with Crippen molar-refractivity contribution in [1.82, 2.24) is 7.77 Å². The second-order valence-corrected chi connectivity index (χ2v) is 18.6. The average Bonchev–Trinajstić information content (AvgIpc) is 2.72. The van der Waals surface area contributed by atoms with Crippen LogP contribution in [0.25, 0.3) is 0 Å². The van der Waals surface area contributed by atoms with Crippen LogP contribution < -0.4 is 0 Å². The molecule has 0 aliphatic carbocycles. The molecular formula is C23H46Al6N2O10. The summed E-state index contributed by atoms with van der Waals surface area (Å²) in [5.74, 6) is 0. The number of rotatable bonds is 1. The standard InChI is InChI=1S/C7H6O2.C5H11NO.C5H10O2.C3H7NO.C2H4O2.CH2O2.6Al.6H/c8-7(9)6-4-2-1-3-5-6;1-5(2,3)6-4-7;1-5(2,3)4(6)7;1-3(5)4-2;1-2(3)4;2-1-3;;;;;;;;;;;;/h1-5,7H;4H2,1-3H3;4H,1-3H3;3H,1-2H3;2H,1H3;1H2;;;;;;;;;;;;/q6*-2;6*+2;;;;;;. The van der Waals surface area contributed by atoms with Crippen LogP contribution >= 0.6 is 0 Å². The van der Waals surface area contributed by atoms with E-state index >= 15 is 0 Å². The summed E-state index contributed by atoms with van der Waals surface area (Å²) in [5, 5.41) is 0. The van der Waals surface area contributed by atoms with Gasteiger partial charge in [0.15, 0.2) is 0 Å². The third-order valence-electron chi connectivity index (χ3n) is 6.18. The Hall–Kier alpha value is 1.93. The summed E-state index contributed by atoms with van der Waals surface area (Å²) in [6, 6.07) is 9.99. The summed E-state index contributed by atoms with van der Waals surface area (Å²) in [5.41, 5.74) is 1.68. The maximum absolute atomic E-state index is 5.23. The lowest BCUT2D eigenvalue weighted by Crippen LogP contribution is -2.54. The van der Waals surface area contributed by atoms with Gasteiger partial charge in [-0.1, -0.05) is 51.1 Å². The molecule has 6 fully saturated rings. The molecular weight excluding hydrogens is 626 g/mol.